The molecule has 0 radical (unpaired) electrons. The van der Waals surface area contributed by atoms with Gasteiger partial charge < -0.3 is 10.2 Å². The van der Waals surface area contributed by atoms with Crippen molar-refractivity contribution >= 4 is 62.3 Å². The molecule has 0 unspecified atom stereocenters. The van der Waals surface area contributed by atoms with E-state index in [1.165, 1.54) is 29.2 Å². The highest BCUT2D eigenvalue weighted by atomic mass is 35.5. The molecule has 2 amide bonds. The van der Waals surface area contributed by atoms with Crippen LogP contribution in [0.2, 0.25) is 15.1 Å². The molecular formula is C29H32Cl3N3O4S. The molecule has 0 aliphatic rings. The first-order valence-corrected chi connectivity index (χ1v) is 15.2. The van der Waals surface area contributed by atoms with Crippen molar-refractivity contribution in [2.75, 3.05) is 10.8 Å². The lowest BCUT2D eigenvalue weighted by atomic mass is 10.1. The third-order valence-electron chi connectivity index (χ3n) is 6.45. The van der Waals surface area contributed by atoms with Crippen LogP contribution in [0.4, 0.5) is 5.69 Å². The molecule has 40 heavy (non-hydrogen) atoms. The molecule has 0 fully saturated rings. The monoisotopic (exact) mass is 623 g/mol. The maximum absolute atomic E-state index is 14.0. The first kappa shape index (κ1) is 31.7. The molecule has 0 aliphatic heterocycles. The first-order chi connectivity index (χ1) is 18.7. The fourth-order valence-corrected chi connectivity index (χ4v) is 6.03. The number of benzene rings is 3. The lowest BCUT2D eigenvalue weighted by Crippen LogP contribution is -2.52. The average Bonchev–Trinajstić information content (AvgIpc) is 2.88. The zero-order valence-electron chi connectivity index (χ0n) is 22.9. The molecule has 0 aromatic heterocycles. The Labute approximate surface area is 251 Å². The van der Waals surface area contributed by atoms with E-state index in [1.807, 2.05) is 27.7 Å². The van der Waals surface area contributed by atoms with Gasteiger partial charge in [-0.3, -0.25) is 13.9 Å². The van der Waals surface area contributed by atoms with Crippen LogP contribution in [-0.4, -0.2) is 43.8 Å². The Morgan fingerprint density at radius 2 is 1.48 bits per heavy atom. The number of halogens is 3. The van der Waals surface area contributed by atoms with Gasteiger partial charge >= 0.3 is 0 Å². The van der Waals surface area contributed by atoms with E-state index in [-0.39, 0.29) is 17.5 Å². The van der Waals surface area contributed by atoms with Crippen LogP contribution in [0.3, 0.4) is 0 Å². The number of carbonyl (C=O) groups is 2. The number of hydrogen-bond acceptors (Lipinski definition) is 4. The highest BCUT2D eigenvalue weighted by Crippen LogP contribution is 2.29. The second kappa shape index (κ2) is 13.3. The minimum atomic E-state index is -4.21. The molecule has 7 nitrogen and oxygen atoms in total. The number of sulfonamides is 1. The molecular weight excluding hydrogens is 593 g/mol. The summed E-state index contributed by atoms with van der Waals surface area (Å²) in [7, 11) is -4.21. The highest BCUT2D eigenvalue weighted by Gasteiger charge is 2.33. The largest absolute Gasteiger partial charge is 0.352 e. The van der Waals surface area contributed by atoms with Gasteiger partial charge in [-0.25, -0.2) is 8.42 Å². The standard InChI is InChI=1S/C29H32Cl3N3O4S/c1-18(2)33-29(37)21(5)34(16-25-26(31)7-6-8-27(25)32)28(36)17-35(23-12-9-19(3)20(4)15-23)40(38,39)24-13-10-22(30)11-14-24/h6-15,18,21H,16-17H2,1-5H3,(H,33,37)/t21-/m1/s1. The van der Waals surface area contributed by atoms with E-state index in [9.17, 15) is 18.0 Å². The van der Waals surface area contributed by atoms with Crippen molar-refractivity contribution in [2.24, 2.45) is 0 Å². The zero-order valence-corrected chi connectivity index (χ0v) is 26.0. The lowest BCUT2D eigenvalue weighted by molar-refractivity contribution is -0.139. The second-order valence-electron chi connectivity index (χ2n) is 9.80. The van der Waals surface area contributed by atoms with Crippen molar-refractivity contribution in [2.45, 2.75) is 58.1 Å². The van der Waals surface area contributed by atoms with Gasteiger partial charge in [0.15, 0.2) is 0 Å². The molecule has 0 aliphatic carbocycles. The minimum absolute atomic E-state index is 0.0331. The predicted octanol–water partition coefficient (Wildman–Crippen LogP) is 6.40. The van der Waals surface area contributed by atoms with Crippen LogP contribution in [0.25, 0.3) is 0 Å². The van der Waals surface area contributed by atoms with Crippen LogP contribution in [0.1, 0.15) is 37.5 Å². The quantitative estimate of drug-likeness (QED) is 0.283. The van der Waals surface area contributed by atoms with Crippen LogP contribution in [0, 0.1) is 13.8 Å². The van der Waals surface area contributed by atoms with Gasteiger partial charge in [-0.1, -0.05) is 46.9 Å². The first-order valence-electron chi connectivity index (χ1n) is 12.6. The topological polar surface area (TPSA) is 86.8 Å². The number of nitrogens with one attached hydrogen (secondary N) is 1. The van der Waals surface area contributed by atoms with Crippen LogP contribution in [0.15, 0.2) is 65.6 Å². The number of hydrogen-bond donors (Lipinski definition) is 1. The van der Waals surface area contributed by atoms with E-state index in [0.29, 0.717) is 26.3 Å². The average molecular weight is 625 g/mol. The summed E-state index contributed by atoms with van der Waals surface area (Å²) in [6.45, 7) is 8.28. The molecule has 1 N–H and O–H groups in total. The lowest BCUT2D eigenvalue weighted by Gasteiger charge is -2.32. The Morgan fingerprint density at radius 3 is 2.02 bits per heavy atom. The predicted molar refractivity (Wildman–Crippen MR) is 162 cm³/mol. The van der Waals surface area contributed by atoms with E-state index in [4.69, 9.17) is 34.8 Å². The summed E-state index contributed by atoms with van der Waals surface area (Å²) in [4.78, 5) is 28.3. The SMILES string of the molecule is Cc1ccc(N(CC(=O)N(Cc2c(Cl)cccc2Cl)[C@H](C)C(=O)NC(C)C)S(=O)(=O)c2ccc(Cl)cc2)cc1C. The normalized spacial score (nSPS) is 12.2. The van der Waals surface area contributed by atoms with E-state index < -0.39 is 34.4 Å². The van der Waals surface area contributed by atoms with Crippen molar-refractivity contribution in [3.05, 3.63) is 92.4 Å². The molecule has 1 atom stereocenters. The van der Waals surface area contributed by atoms with Crippen molar-refractivity contribution in [3.63, 3.8) is 0 Å². The van der Waals surface area contributed by atoms with Crippen LogP contribution >= 0.6 is 34.8 Å². The fourth-order valence-electron chi connectivity index (χ4n) is 3.98. The van der Waals surface area contributed by atoms with Gasteiger partial charge in [0.1, 0.15) is 12.6 Å². The Hall–Kier alpha value is -2.78. The smallest absolute Gasteiger partial charge is 0.264 e. The summed E-state index contributed by atoms with van der Waals surface area (Å²) in [6, 6.07) is 14.7. The summed E-state index contributed by atoms with van der Waals surface area (Å²) in [5.74, 6) is -1.01. The van der Waals surface area contributed by atoms with Gasteiger partial charge in [0.25, 0.3) is 10.0 Å². The number of carbonyl (C=O) groups excluding carboxylic acids is 2. The van der Waals surface area contributed by atoms with Gasteiger partial charge in [0, 0.05) is 33.2 Å². The van der Waals surface area contributed by atoms with Crippen LogP contribution in [0.5, 0.6) is 0 Å². The van der Waals surface area contributed by atoms with E-state index in [2.05, 4.69) is 5.32 Å². The van der Waals surface area contributed by atoms with Crippen LogP contribution < -0.4 is 9.62 Å². The zero-order chi connectivity index (χ0) is 29.8. The van der Waals surface area contributed by atoms with Gasteiger partial charge in [-0.05, 0) is 94.3 Å². The van der Waals surface area contributed by atoms with Gasteiger partial charge in [-0.2, -0.15) is 0 Å². The summed E-state index contributed by atoms with van der Waals surface area (Å²) in [6.07, 6.45) is 0. The molecule has 0 saturated carbocycles. The number of aryl methyl sites for hydroxylation is 2. The Balaban J connectivity index is 2.10. The van der Waals surface area contributed by atoms with Crippen LogP contribution in [-0.2, 0) is 26.2 Å². The van der Waals surface area contributed by atoms with Crippen molar-refractivity contribution in [1.29, 1.82) is 0 Å². The van der Waals surface area contributed by atoms with Gasteiger partial charge in [0.2, 0.25) is 11.8 Å². The highest BCUT2D eigenvalue weighted by molar-refractivity contribution is 7.92. The van der Waals surface area contributed by atoms with Crippen molar-refractivity contribution in [3.8, 4) is 0 Å². The van der Waals surface area contributed by atoms with E-state index >= 15 is 0 Å². The Morgan fingerprint density at radius 1 is 0.875 bits per heavy atom. The van der Waals surface area contributed by atoms with Gasteiger partial charge in [-0.15, -0.1) is 0 Å². The molecule has 3 rings (SSSR count). The number of rotatable bonds is 10. The molecule has 214 valence electrons. The third-order valence-corrected chi connectivity index (χ3v) is 9.20. The third kappa shape index (κ3) is 7.49. The number of anilines is 1. The summed E-state index contributed by atoms with van der Waals surface area (Å²) in [5, 5.41) is 3.83. The summed E-state index contributed by atoms with van der Waals surface area (Å²) >= 11 is 18.8. The fraction of sp³-hybridized carbons (Fsp3) is 0.310. The number of amides is 2. The molecule has 0 spiro atoms. The molecule has 3 aromatic carbocycles. The maximum atomic E-state index is 14.0. The minimum Gasteiger partial charge on any atom is -0.352 e. The molecule has 3 aromatic rings. The van der Waals surface area contributed by atoms with Crippen molar-refractivity contribution in [1.82, 2.24) is 10.2 Å². The van der Waals surface area contributed by atoms with E-state index in [0.717, 1.165) is 15.4 Å². The van der Waals surface area contributed by atoms with Gasteiger partial charge in [0.05, 0.1) is 10.6 Å². The molecule has 0 heterocycles. The maximum Gasteiger partial charge on any atom is 0.264 e. The summed E-state index contributed by atoms with van der Waals surface area (Å²) in [5.41, 5.74) is 2.57. The Kier molecular flexibility index (Phi) is 10.5. The van der Waals surface area contributed by atoms with Crippen molar-refractivity contribution < 1.29 is 18.0 Å². The number of nitrogens with zero attached hydrogens (tertiary/aromatic N) is 2. The second-order valence-corrected chi connectivity index (χ2v) is 12.9. The molecule has 0 bridgehead atoms. The Bertz CT molecular complexity index is 1470. The molecule has 0 saturated heterocycles. The van der Waals surface area contributed by atoms with E-state index in [1.54, 1.807) is 43.3 Å². The summed E-state index contributed by atoms with van der Waals surface area (Å²) < 4.78 is 28.9. The molecule has 11 heteroatoms.